The van der Waals surface area contributed by atoms with Gasteiger partial charge in [-0.05, 0) is 49.1 Å². The Bertz CT molecular complexity index is 341. The second kappa shape index (κ2) is 3.74. The number of fused-ring (bicyclic) bond motifs is 1. The quantitative estimate of drug-likeness (QED) is 0.656. The van der Waals surface area contributed by atoms with E-state index in [-0.39, 0.29) is 0 Å². The molecule has 76 valence electrons. The number of aryl methyl sites for hydroxylation is 2. The first-order chi connectivity index (χ1) is 6.70. The molecule has 1 nitrogen and oxygen atoms in total. The molecule has 1 heterocycles. The molecular formula is C13H19N. The predicted octanol–water partition coefficient (Wildman–Crippen LogP) is 2.55. The first-order valence-corrected chi connectivity index (χ1v) is 5.50. The molecule has 14 heavy (non-hydrogen) atoms. The summed E-state index contributed by atoms with van der Waals surface area (Å²) in [5.41, 5.74) is 6.09. The minimum absolute atomic E-state index is 1.13. The summed E-state index contributed by atoms with van der Waals surface area (Å²) in [7, 11) is 2.20. The maximum atomic E-state index is 2.40. The van der Waals surface area contributed by atoms with Crippen molar-refractivity contribution in [2.24, 2.45) is 0 Å². The fourth-order valence-electron chi connectivity index (χ4n) is 2.31. The van der Waals surface area contributed by atoms with Crippen LogP contribution in [0.1, 0.15) is 29.2 Å². The summed E-state index contributed by atoms with van der Waals surface area (Å²) >= 11 is 0. The van der Waals surface area contributed by atoms with Crippen LogP contribution in [-0.4, -0.2) is 18.5 Å². The van der Waals surface area contributed by atoms with Crippen molar-refractivity contribution in [3.05, 3.63) is 34.4 Å². The van der Waals surface area contributed by atoms with Crippen molar-refractivity contribution < 1.29 is 0 Å². The number of hydrogen-bond donors (Lipinski definition) is 0. The van der Waals surface area contributed by atoms with Crippen LogP contribution in [0.15, 0.2) is 12.1 Å². The SMILES string of the molecule is CCc1cc2c(cc1C)CCN(C)C2. The van der Waals surface area contributed by atoms with Crippen molar-refractivity contribution in [3.8, 4) is 0 Å². The van der Waals surface area contributed by atoms with E-state index in [0.717, 1.165) is 13.0 Å². The van der Waals surface area contributed by atoms with Crippen LogP contribution in [0.2, 0.25) is 0 Å². The van der Waals surface area contributed by atoms with Crippen LogP contribution in [0.25, 0.3) is 0 Å². The van der Waals surface area contributed by atoms with Crippen LogP contribution in [0.5, 0.6) is 0 Å². The van der Waals surface area contributed by atoms with Gasteiger partial charge in [-0.2, -0.15) is 0 Å². The van der Waals surface area contributed by atoms with Gasteiger partial charge in [-0.15, -0.1) is 0 Å². The maximum absolute atomic E-state index is 2.40. The first-order valence-electron chi connectivity index (χ1n) is 5.50. The second-order valence-electron chi connectivity index (χ2n) is 4.39. The van der Waals surface area contributed by atoms with Gasteiger partial charge in [-0.25, -0.2) is 0 Å². The molecule has 1 aliphatic heterocycles. The van der Waals surface area contributed by atoms with Gasteiger partial charge in [0.1, 0.15) is 0 Å². The van der Waals surface area contributed by atoms with Gasteiger partial charge in [-0.1, -0.05) is 19.1 Å². The van der Waals surface area contributed by atoms with Gasteiger partial charge in [0, 0.05) is 13.1 Å². The highest BCUT2D eigenvalue weighted by Gasteiger charge is 2.14. The fraction of sp³-hybridized carbons (Fsp3) is 0.538. The summed E-state index contributed by atoms with van der Waals surface area (Å²) in [6.45, 7) is 6.80. The second-order valence-corrected chi connectivity index (χ2v) is 4.39. The molecule has 0 bridgehead atoms. The number of benzene rings is 1. The van der Waals surface area contributed by atoms with E-state index in [0.29, 0.717) is 0 Å². The van der Waals surface area contributed by atoms with Gasteiger partial charge in [0.05, 0.1) is 0 Å². The standard InChI is InChI=1S/C13H19N/c1-4-11-8-13-9-14(3)6-5-12(13)7-10(11)2/h7-8H,4-6,9H2,1-3H3. The fourth-order valence-corrected chi connectivity index (χ4v) is 2.31. The molecule has 2 rings (SSSR count). The smallest absolute Gasteiger partial charge is 0.0233 e. The number of nitrogens with zero attached hydrogens (tertiary/aromatic N) is 1. The number of likely N-dealkylation sites (N-methyl/N-ethyl adjacent to an activating group) is 1. The summed E-state index contributed by atoms with van der Waals surface area (Å²) in [6.07, 6.45) is 2.37. The molecule has 0 atom stereocenters. The van der Waals surface area contributed by atoms with Crippen LogP contribution in [0, 0.1) is 6.92 Å². The van der Waals surface area contributed by atoms with Crippen molar-refractivity contribution in [1.29, 1.82) is 0 Å². The Morgan fingerprint density at radius 3 is 2.79 bits per heavy atom. The Morgan fingerprint density at radius 2 is 2.07 bits per heavy atom. The first kappa shape index (κ1) is 9.72. The number of rotatable bonds is 1. The summed E-state index contributed by atoms with van der Waals surface area (Å²) in [5, 5.41) is 0. The zero-order chi connectivity index (χ0) is 10.1. The average Bonchev–Trinajstić information content (AvgIpc) is 2.17. The molecule has 0 unspecified atom stereocenters. The monoisotopic (exact) mass is 189 g/mol. The van der Waals surface area contributed by atoms with Crippen LogP contribution < -0.4 is 0 Å². The van der Waals surface area contributed by atoms with Gasteiger partial charge in [0.15, 0.2) is 0 Å². The molecule has 0 radical (unpaired) electrons. The lowest BCUT2D eigenvalue weighted by atomic mass is 9.93. The molecule has 1 aromatic rings. The van der Waals surface area contributed by atoms with Gasteiger partial charge < -0.3 is 4.90 Å². The Hall–Kier alpha value is -0.820. The maximum Gasteiger partial charge on any atom is 0.0233 e. The minimum atomic E-state index is 1.13. The molecule has 0 fully saturated rings. The van der Waals surface area contributed by atoms with Crippen LogP contribution in [0.3, 0.4) is 0 Å². The molecule has 0 aliphatic carbocycles. The van der Waals surface area contributed by atoms with E-state index in [4.69, 9.17) is 0 Å². The summed E-state index contributed by atoms with van der Waals surface area (Å²) < 4.78 is 0. The van der Waals surface area contributed by atoms with Crippen LogP contribution in [0.4, 0.5) is 0 Å². The molecule has 0 aromatic heterocycles. The lowest BCUT2D eigenvalue weighted by molar-refractivity contribution is 0.312. The lowest BCUT2D eigenvalue weighted by Gasteiger charge is -2.26. The van der Waals surface area contributed by atoms with E-state index in [1.54, 1.807) is 11.1 Å². The molecule has 1 aliphatic rings. The van der Waals surface area contributed by atoms with Crippen molar-refractivity contribution in [3.63, 3.8) is 0 Å². The highest BCUT2D eigenvalue weighted by Crippen LogP contribution is 2.22. The van der Waals surface area contributed by atoms with Gasteiger partial charge >= 0.3 is 0 Å². The van der Waals surface area contributed by atoms with E-state index in [1.165, 1.54) is 24.1 Å². The molecular weight excluding hydrogens is 170 g/mol. The molecule has 0 N–H and O–H groups in total. The Morgan fingerprint density at radius 1 is 1.29 bits per heavy atom. The lowest BCUT2D eigenvalue weighted by Crippen LogP contribution is -2.26. The molecule has 0 saturated carbocycles. The predicted molar refractivity (Wildman–Crippen MR) is 60.6 cm³/mol. The molecule has 0 spiro atoms. The van der Waals surface area contributed by atoms with E-state index in [9.17, 15) is 0 Å². The normalized spacial score (nSPS) is 16.8. The van der Waals surface area contributed by atoms with Crippen LogP contribution >= 0.6 is 0 Å². The van der Waals surface area contributed by atoms with Crippen molar-refractivity contribution >= 4 is 0 Å². The summed E-state index contributed by atoms with van der Waals surface area (Å²) in [4.78, 5) is 2.40. The van der Waals surface area contributed by atoms with Crippen molar-refractivity contribution in [1.82, 2.24) is 4.90 Å². The highest BCUT2D eigenvalue weighted by atomic mass is 15.1. The van der Waals surface area contributed by atoms with Gasteiger partial charge in [-0.3, -0.25) is 0 Å². The minimum Gasteiger partial charge on any atom is -0.302 e. The topological polar surface area (TPSA) is 3.24 Å². The highest BCUT2D eigenvalue weighted by molar-refractivity contribution is 5.39. The summed E-state index contributed by atoms with van der Waals surface area (Å²) in [5.74, 6) is 0. The van der Waals surface area contributed by atoms with Crippen molar-refractivity contribution in [2.45, 2.75) is 33.2 Å². The Kier molecular flexibility index (Phi) is 2.60. The van der Waals surface area contributed by atoms with Crippen molar-refractivity contribution in [2.75, 3.05) is 13.6 Å². The molecule has 1 aromatic carbocycles. The largest absolute Gasteiger partial charge is 0.302 e. The van der Waals surface area contributed by atoms with E-state index in [1.807, 2.05) is 0 Å². The zero-order valence-corrected chi connectivity index (χ0v) is 9.43. The number of hydrogen-bond acceptors (Lipinski definition) is 1. The van der Waals surface area contributed by atoms with E-state index in [2.05, 4.69) is 37.9 Å². The zero-order valence-electron chi connectivity index (χ0n) is 9.43. The summed E-state index contributed by atoms with van der Waals surface area (Å²) in [6, 6.07) is 4.79. The Labute approximate surface area is 86.7 Å². The third-order valence-electron chi connectivity index (χ3n) is 3.24. The third kappa shape index (κ3) is 1.69. The molecule has 0 saturated heterocycles. The van der Waals surface area contributed by atoms with E-state index < -0.39 is 0 Å². The van der Waals surface area contributed by atoms with E-state index >= 15 is 0 Å². The average molecular weight is 189 g/mol. The molecule has 0 amide bonds. The van der Waals surface area contributed by atoms with Gasteiger partial charge in [0.2, 0.25) is 0 Å². The molecule has 1 heteroatoms. The van der Waals surface area contributed by atoms with Crippen LogP contribution in [-0.2, 0) is 19.4 Å². The van der Waals surface area contributed by atoms with Gasteiger partial charge in [0.25, 0.3) is 0 Å². The third-order valence-corrected chi connectivity index (χ3v) is 3.24. The Balaban J connectivity index is 2.41.